The van der Waals surface area contributed by atoms with Crippen LogP contribution in [0, 0.1) is 6.92 Å². The zero-order chi connectivity index (χ0) is 13.8. The Morgan fingerprint density at radius 3 is 2.84 bits per heavy atom. The van der Waals surface area contributed by atoms with Crippen LogP contribution in [0.3, 0.4) is 0 Å². The minimum Gasteiger partial charge on any atom is -0.494 e. The lowest BCUT2D eigenvalue weighted by Gasteiger charge is -2.09. The van der Waals surface area contributed by atoms with E-state index in [2.05, 4.69) is 4.98 Å². The highest BCUT2D eigenvalue weighted by molar-refractivity contribution is 7.13. The Balaban J connectivity index is 2.33. The van der Waals surface area contributed by atoms with Crippen LogP contribution in [0.2, 0.25) is 0 Å². The molecular weight excluding hydrogens is 262 g/mol. The van der Waals surface area contributed by atoms with E-state index in [1.165, 1.54) is 11.3 Å². The van der Waals surface area contributed by atoms with Crippen molar-refractivity contribution in [3.8, 4) is 5.75 Å². The van der Waals surface area contributed by atoms with Gasteiger partial charge in [-0.25, -0.2) is 9.78 Å². The molecule has 1 N–H and O–H groups in total. The third-order valence-corrected chi connectivity index (χ3v) is 3.63. The van der Waals surface area contributed by atoms with E-state index in [1.54, 1.807) is 0 Å². The SMILES string of the molecule is CCOc1ccccc1Cc1nc(C)sc1C(=O)O. The summed E-state index contributed by atoms with van der Waals surface area (Å²) in [4.78, 5) is 15.8. The number of aryl methyl sites for hydroxylation is 1. The Morgan fingerprint density at radius 1 is 1.42 bits per heavy atom. The zero-order valence-electron chi connectivity index (χ0n) is 10.8. The number of aromatic nitrogens is 1. The minimum atomic E-state index is -0.922. The minimum absolute atomic E-state index is 0.309. The first kappa shape index (κ1) is 13.5. The lowest BCUT2D eigenvalue weighted by atomic mass is 10.1. The number of rotatable bonds is 5. The first-order valence-corrected chi connectivity index (χ1v) is 6.83. The van der Waals surface area contributed by atoms with Crippen molar-refractivity contribution in [2.75, 3.05) is 6.61 Å². The quantitative estimate of drug-likeness (QED) is 0.912. The van der Waals surface area contributed by atoms with Crippen LogP contribution in [0.5, 0.6) is 5.75 Å². The third kappa shape index (κ3) is 3.12. The van der Waals surface area contributed by atoms with E-state index >= 15 is 0 Å². The summed E-state index contributed by atoms with van der Waals surface area (Å²) in [5, 5.41) is 9.93. The molecule has 0 bridgehead atoms. The molecule has 0 aliphatic rings. The number of carbonyl (C=O) groups is 1. The molecule has 0 amide bonds. The summed E-state index contributed by atoms with van der Waals surface area (Å²) >= 11 is 1.21. The third-order valence-electron chi connectivity index (χ3n) is 2.63. The molecule has 4 nitrogen and oxygen atoms in total. The monoisotopic (exact) mass is 277 g/mol. The summed E-state index contributed by atoms with van der Waals surface area (Å²) in [6.45, 7) is 4.32. The van der Waals surface area contributed by atoms with Crippen LogP contribution < -0.4 is 4.74 Å². The predicted molar refractivity (Wildman–Crippen MR) is 74.2 cm³/mol. The number of benzene rings is 1. The van der Waals surface area contributed by atoms with Crippen LogP contribution in [0.15, 0.2) is 24.3 Å². The van der Waals surface area contributed by atoms with E-state index in [1.807, 2.05) is 38.1 Å². The summed E-state index contributed by atoms with van der Waals surface area (Å²) in [5.41, 5.74) is 1.55. The normalized spacial score (nSPS) is 10.4. The molecule has 1 aromatic carbocycles. The van der Waals surface area contributed by atoms with Gasteiger partial charge in [0.1, 0.15) is 10.6 Å². The summed E-state index contributed by atoms with van der Waals surface area (Å²) in [7, 11) is 0. The molecule has 0 atom stereocenters. The fraction of sp³-hybridized carbons (Fsp3) is 0.286. The number of ether oxygens (including phenoxy) is 1. The van der Waals surface area contributed by atoms with Crippen molar-refractivity contribution in [3.05, 3.63) is 45.4 Å². The molecule has 0 saturated carbocycles. The number of carboxylic acids is 1. The van der Waals surface area contributed by atoms with Gasteiger partial charge in [0.05, 0.1) is 17.3 Å². The van der Waals surface area contributed by atoms with Crippen LogP contribution in [0.25, 0.3) is 0 Å². The second-order valence-corrected chi connectivity index (χ2v) is 5.23. The van der Waals surface area contributed by atoms with Crippen LogP contribution >= 0.6 is 11.3 Å². The van der Waals surface area contributed by atoms with Crippen LogP contribution in [-0.2, 0) is 6.42 Å². The van der Waals surface area contributed by atoms with E-state index < -0.39 is 5.97 Å². The molecule has 0 spiro atoms. The first-order valence-electron chi connectivity index (χ1n) is 6.02. The fourth-order valence-corrected chi connectivity index (χ4v) is 2.66. The van der Waals surface area contributed by atoms with Gasteiger partial charge in [0, 0.05) is 12.0 Å². The molecule has 0 fully saturated rings. The van der Waals surface area contributed by atoms with Gasteiger partial charge in [0.15, 0.2) is 0 Å². The number of aromatic carboxylic acids is 1. The molecule has 0 aliphatic carbocycles. The van der Waals surface area contributed by atoms with Gasteiger partial charge in [-0.3, -0.25) is 0 Å². The van der Waals surface area contributed by atoms with E-state index in [4.69, 9.17) is 9.84 Å². The molecule has 19 heavy (non-hydrogen) atoms. The Bertz CT molecular complexity index is 592. The molecule has 2 aromatic rings. The lowest BCUT2D eigenvalue weighted by molar-refractivity contribution is 0.0701. The van der Waals surface area contributed by atoms with Gasteiger partial charge in [0.2, 0.25) is 0 Å². The molecule has 2 rings (SSSR count). The number of para-hydroxylation sites is 1. The standard InChI is InChI=1S/C14H15NO3S/c1-3-18-12-7-5-4-6-10(12)8-11-13(14(16)17)19-9(2)15-11/h4-7H,3,8H2,1-2H3,(H,16,17). The Labute approximate surface area is 115 Å². The van der Waals surface area contributed by atoms with Crippen LogP contribution in [0.4, 0.5) is 0 Å². The average Bonchev–Trinajstić information content (AvgIpc) is 2.73. The highest BCUT2D eigenvalue weighted by Gasteiger charge is 2.17. The number of carboxylic acid groups (broad SMARTS) is 1. The predicted octanol–water partition coefficient (Wildman–Crippen LogP) is 3.14. The van der Waals surface area contributed by atoms with E-state index in [9.17, 15) is 4.79 Å². The number of thiazole rings is 1. The highest BCUT2D eigenvalue weighted by Crippen LogP contribution is 2.25. The van der Waals surface area contributed by atoms with Crippen molar-refractivity contribution >= 4 is 17.3 Å². The summed E-state index contributed by atoms with van der Waals surface area (Å²) in [6, 6.07) is 7.64. The van der Waals surface area contributed by atoms with Crippen molar-refractivity contribution < 1.29 is 14.6 Å². The topological polar surface area (TPSA) is 59.4 Å². The summed E-state index contributed by atoms with van der Waals surface area (Å²) in [6.07, 6.45) is 0.474. The van der Waals surface area contributed by atoms with Gasteiger partial charge >= 0.3 is 5.97 Å². The van der Waals surface area contributed by atoms with Crippen molar-refractivity contribution in [3.63, 3.8) is 0 Å². The summed E-state index contributed by atoms with van der Waals surface area (Å²) in [5.74, 6) is -0.138. The maximum absolute atomic E-state index is 11.2. The highest BCUT2D eigenvalue weighted by atomic mass is 32.1. The van der Waals surface area contributed by atoms with Gasteiger partial charge in [0.25, 0.3) is 0 Å². The lowest BCUT2D eigenvalue weighted by Crippen LogP contribution is -2.02. The second kappa shape index (κ2) is 5.84. The first-order chi connectivity index (χ1) is 9.11. The van der Waals surface area contributed by atoms with Crippen molar-refractivity contribution in [1.29, 1.82) is 0 Å². The van der Waals surface area contributed by atoms with Crippen LogP contribution in [0.1, 0.15) is 32.9 Å². The fourth-order valence-electron chi connectivity index (χ4n) is 1.88. The van der Waals surface area contributed by atoms with Gasteiger partial charge in [-0.1, -0.05) is 18.2 Å². The summed E-state index contributed by atoms with van der Waals surface area (Å²) < 4.78 is 5.54. The van der Waals surface area contributed by atoms with Gasteiger partial charge in [-0.2, -0.15) is 0 Å². The van der Waals surface area contributed by atoms with Crippen molar-refractivity contribution in [1.82, 2.24) is 4.98 Å². The molecule has 100 valence electrons. The molecule has 0 aliphatic heterocycles. The maximum Gasteiger partial charge on any atom is 0.347 e. The molecule has 1 aromatic heterocycles. The Hall–Kier alpha value is -1.88. The molecular formula is C14H15NO3S. The maximum atomic E-state index is 11.2. The zero-order valence-corrected chi connectivity index (χ0v) is 11.7. The molecule has 0 unspecified atom stereocenters. The van der Waals surface area contributed by atoms with Gasteiger partial charge in [-0.15, -0.1) is 11.3 Å². The Kier molecular flexibility index (Phi) is 4.16. The van der Waals surface area contributed by atoms with E-state index in [-0.39, 0.29) is 0 Å². The van der Waals surface area contributed by atoms with Crippen molar-refractivity contribution in [2.24, 2.45) is 0 Å². The number of nitrogens with zero attached hydrogens (tertiary/aromatic N) is 1. The molecule has 5 heteroatoms. The van der Waals surface area contributed by atoms with Gasteiger partial charge < -0.3 is 9.84 Å². The molecule has 0 saturated heterocycles. The van der Waals surface area contributed by atoms with E-state index in [0.29, 0.717) is 23.6 Å². The van der Waals surface area contributed by atoms with Gasteiger partial charge in [-0.05, 0) is 19.9 Å². The smallest absolute Gasteiger partial charge is 0.347 e. The number of hydrogen-bond donors (Lipinski definition) is 1. The molecule has 1 heterocycles. The van der Waals surface area contributed by atoms with Crippen molar-refractivity contribution in [2.45, 2.75) is 20.3 Å². The van der Waals surface area contributed by atoms with Crippen LogP contribution in [-0.4, -0.2) is 22.7 Å². The largest absolute Gasteiger partial charge is 0.494 e. The average molecular weight is 277 g/mol. The second-order valence-electron chi connectivity index (χ2n) is 4.03. The number of hydrogen-bond acceptors (Lipinski definition) is 4. The Morgan fingerprint density at radius 2 is 2.16 bits per heavy atom. The van der Waals surface area contributed by atoms with E-state index in [0.717, 1.165) is 16.3 Å². The molecule has 0 radical (unpaired) electrons.